The summed E-state index contributed by atoms with van der Waals surface area (Å²) in [4.78, 5) is 21.5. The molecule has 0 fully saturated rings. The van der Waals surface area contributed by atoms with Crippen molar-refractivity contribution in [3.63, 3.8) is 0 Å². The number of aromatic amines is 1. The van der Waals surface area contributed by atoms with Gasteiger partial charge in [-0.2, -0.15) is 0 Å². The van der Waals surface area contributed by atoms with Gasteiger partial charge in [0.1, 0.15) is 11.2 Å². The Kier molecular flexibility index (Phi) is 3.64. The van der Waals surface area contributed by atoms with Crippen LogP contribution in [0, 0.1) is 0 Å². The van der Waals surface area contributed by atoms with E-state index in [1.807, 2.05) is 39.1 Å². The zero-order chi connectivity index (χ0) is 15.7. The van der Waals surface area contributed by atoms with Gasteiger partial charge in [-0.1, -0.05) is 6.08 Å². The summed E-state index contributed by atoms with van der Waals surface area (Å²) in [5, 5.41) is 1.11. The summed E-state index contributed by atoms with van der Waals surface area (Å²) >= 11 is 0. The summed E-state index contributed by atoms with van der Waals surface area (Å²) < 4.78 is 5.40. The molecule has 1 N–H and O–H groups in total. The van der Waals surface area contributed by atoms with Crippen LogP contribution in [0.3, 0.4) is 0 Å². The van der Waals surface area contributed by atoms with Gasteiger partial charge in [0.15, 0.2) is 0 Å². The van der Waals surface area contributed by atoms with Gasteiger partial charge in [0.2, 0.25) is 0 Å². The van der Waals surface area contributed by atoms with Gasteiger partial charge in [-0.25, -0.2) is 9.78 Å². The minimum Gasteiger partial charge on any atom is -0.444 e. The first-order valence-electron chi connectivity index (χ1n) is 7.54. The molecule has 2 aromatic rings. The fraction of sp³-hybridized carbons (Fsp3) is 0.412. The minimum absolute atomic E-state index is 0.254. The molecule has 3 heterocycles. The molecule has 0 aromatic carbocycles. The van der Waals surface area contributed by atoms with Gasteiger partial charge >= 0.3 is 6.09 Å². The van der Waals surface area contributed by atoms with Crippen LogP contribution in [0.4, 0.5) is 4.79 Å². The number of nitrogens with zero attached hydrogens (tertiary/aromatic N) is 2. The van der Waals surface area contributed by atoms with Crippen LogP contribution in [0.2, 0.25) is 0 Å². The van der Waals surface area contributed by atoms with Gasteiger partial charge in [-0.05, 0) is 51.0 Å². The highest BCUT2D eigenvalue weighted by Gasteiger charge is 2.24. The number of pyridine rings is 1. The van der Waals surface area contributed by atoms with Crippen molar-refractivity contribution in [3.8, 4) is 0 Å². The molecule has 3 rings (SSSR count). The van der Waals surface area contributed by atoms with E-state index in [4.69, 9.17) is 4.74 Å². The van der Waals surface area contributed by atoms with E-state index in [1.165, 1.54) is 5.57 Å². The van der Waals surface area contributed by atoms with Crippen LogP contribution in [0.1, 0.15) is 32.9 Å². The van der Waals surface area contributed by atoms with Crippen molar-refractivity contribution in [2.75, 3.05) is 13.1 Å². The smallest absolute Gasteiger partial charge is 0.410 e. The number of carbonyl (C=O) groups excluding carboxylic acids is 1. The molecule has 0 spiro atoms. The van der Waals surface area contributed by atoms with Gasteiger partial charge < -0.3 is 14.6 Å². The van der Waals surface area contributed by atoms with Crippen LogP contribution in [0.25, 0.3) is 16.6 Å². The van der Waals surface area contributed by atoms with Crippen molar-refractivity contribution in [3.05, 3.63) is 36.2 Å². The highest BCUT2D eigenvalue weighted by atomic mass is 16.6. The molecule has 22 heavy (non-hydrogen) atoms. The molecule has 1 aliphatic rings. The Morgan fingerprint density at radius 3 is 2.82 bits per heavy atom. The number of hydrogen-bond acceptors (Lipinski definition) is 3. The first-order valence-corrected chi connectivity index (χ1v) is 7.54. The zero-order valence-corrected chi connectivity index (χ0v) is 13.2. The topological polar surface area (TPSA) is 58.2 Å². The first-order chi connectivity index (χ1) is 10.4. The van der Waals surface area contributed by atoms with Gasteiger partial charge in [-0.15, -0.1) is 0 Å². The monoisotopic (exact) mass is 299 g/mol. The van der Waals surface area contributed by atoms with E-state index in [1.54, 1.807) is 4.90 Å². The second-order valence-corrected chi connectivity index (χ2v) is 6.52. The third-order valence-electron chi connectivity index (χ3n) is 3.60. The van der Waals surface area contributed by atoms with Gasteiger partial charge in [0, 0.05) is 24.7 Å². The average molecular weight is 299 g/mol. The summed E-state index contributed by atoms with van der Waals surface area (Å²) in [6, 6.07) is 6.10. The summed E-state index contributed by atoms with van der Waals surface area (Å²) in [5.74, 6) is 0. The number of fused-ring (bicyclic) bond motifs is 1. The Balaban J connectivity index is 1.72. The molecule has 0 bridgehead atoms. The number of rotatable bonds is 1. The molecule has 2 aromatic heterocycles. The molecular formula is C17H21N3O2. The van der Waals surface area contributed by atoms with E-state index >= 15 is 0 Å². The van der Waals surface area contributed by atoms with E-state index in [2.05, 4.69) is 22.1 Å². The van der Waals surface area contributed by atoms with Crippen molar-refractivity contribution in [2.24, 2.45) is 0 Å². The molecule has 0 radical (unpaired) electrons. The maximum Gasteiger partial charge on any atom is 0.410 e. The predicted octanol–water partition coefficient (Wildman–Crippen LogP) is 3.59. The third kappa shape index (κ3) is 3.13. The molecule has 0 atom stereocenters. The Bertz CT molecular complexity index is 725. The van der Waals surface area contributed by atoms with Crippen molar-refractivity contribution >= 4 is 22.7 Å². The minimum atomic E-state index is -0.457. The normalized spacial score (nSPS) is 15.8. The Morgan fingerprint density at radius 1 is 1.32 bits per heavy atom. The second kappa shape index (κ2) is 5.48. The number of H-pyrrole nitrogens is 1. The molecule has 0 saturated heterocycles. The van der Waals surface area contributed by atoms with E-state index < -0.39 is 5.60 Å². The lowest BCUT2D eigenvalue weighted by Crippen LogP contribution is -2.39. The van der Waals surface area contributed by atoms with E-state index in [0.717, 1.165) is 23.1 Å². The molecule has 5 nitrogen and oxygen atoms in total. The van der Waals surface area contributed by atoms with Crippen LogP contribution >= 0.6 is 0 Å². The summed E-state index contributed by atoms with van der Waals surface area (Å²) in [6.45, 7) is 6.86. The second-order valence-electron chi connectivity index (χ2n) is 6.52. The molecule has 0 saturated carbocycles. The van der Waals surface area contributed by atoms with Gasteiger partial charge in [-0.3, -0.25) is 0 Å². The number of amides is 1. The molecule has 0 aliphatic carbocycles. The van der Waals surface area contributed by atoms with Crippen LogP contribution in [-0.2, 0) is 4.74 Å². The molecule has 5 heteroatoms. The first kappa shape index (κ1) is 14.6. The van der Waals surface area contributed by atoms with Gasteiger partial charge in [0.25, 0.3) is 0 Å². The maximum atomic E-state index is 12.1. The summed E-state index contributed by atoms with van der Waals surface area (Å²) in [6.07, 6.45) is 4.49. The number of ether oxygens (including phenoxy) is 1. The van der Waals surface area contributed by atoms with Crippen LogP contribution in [0.5, 0.6) is 0 Å². The quantitative estimate of drug-likeness (QED) is 0.875. The fourth-order valence-electron chi connectivity index (χ4n) is 2.50. The lowest BCUT2D eigenvalue weighted by atomic mass is 10.0. The zero-order valence-electron chi connectivity index (χ0n) is 13.2. The number of nitrogens with one attached hydrogen (secondary N) is 1. The fourth-order valence-corrected chi connectivity index (χ4v) is 2.50. The third-order valence-corrected chi connectivity index (χ3v) is 3.60. The number of hydrogen-bond donors (Lipinski definition) is 1. The number of carbonyl (C=O) groups is 1. The SMILES string of the molecule is CC(C)(C)OC(=O)N1CC=C(c2ccc3cc[nH]c3n2)CC1. The standard InChI is InChI=1S/C17H21N3O2/c1-17(2,3)22-16(21)20-10-7-12(8-11-20)14-5-4-13-6-9-18-15(13)19-14/h4-7,9H,8,10-11H2,1-3H3,(H,18,19). The summed E-state index contributed by atoms with van der Waals surface area (Å²) in [7, 11) is 0. The van der Waals surface area contributed by atoms with Crippen LogP contribution in [0.15, 0.2) is 30.5 Å². The van der Waals surface area contributed by atoms with E-state index in [0.29, 0.717) is 13.1 Å². The maximum absolute atomic E-state index is 12.1. The highest BCUT2D eigenvalue weighted by Crippen LogP contribution is 2.23. The van der Waals surface area contributed by atoms with Crippen molar-refractivity contribution in [2.45, 2.75) is 32.8 Å². The van der Waals surface area contributed by atoms with Crippen molar-refractivity contribution < 1.29 is 9.53 Å². The Morgan fingerprint density at radius 2 is 2.14 bits per heavy atom. The Hall–Kier alpha value is -2.30. The van der Waals surface area contributed by atoms with Gasteiger partial charge in [0.05, 0.1) is 5.69 Å². The molecular weight excluding hydrogens is 278 g/mol. The largest absolute Gasteiger partial charge is 0.444 e. The van der Waals surface area contributed by atoms with Crippen LogP contribution in [-0.4, -0.2) is 39.7 Å². The average Bonchev–Trinajstić information content (AvgIpc) is 2.93. The lowest BCUT2D eigenvalue weighted by molar-refractivity contribution is 0.0270. The summed E-state index contributed by atoms with van der Waals surface area (Å²) in [5.41, 5.74) is 2.59. The molecule has 1 amide bonds. The van der Waals surface area contributed by atoms with E-state index in [-0.39, 0.29) is 6.09 Å². The van der Waals surface area contributed by atoms with E-state index in [9.17, 15) is 4.79 Å². The Labute approximate surface area is 130 Å². The molecule has 116 valence electrons. The highest BCUT2D eigenvalue weighted by molar-refractivity contribution is 5.79. The van der Waals surface area contributed by atoms with Crippen LogP contribution < -0.4 is 0 Å². The lowest BCUT2D eigenvalue weighted by Gasteiger charge is -2.29. The molecule has 1 aliphatic heterocycles. The van der Waals surface area contributed by atoms with Crippen molar-refractivity contribution in [1.29, 1.82) is 0 Å². The molecule has 0 unspecified atom stereocenters. The predicted molar refractivity (Wildman–Crippen MR) is 86.5 cm³/mol. The number of aromatic nitrogens is 2. The van der Waals surface area contributed by atoms with Crippen molar-refractivity contribution in [1.82, 2.24) is 14.9 Å².